The van der Waals surface area contributed by atoms with Gasteiger partial charge in [-0.1, -0.05) is 36.9 Å². The molecular formula is C20H16N4O. The first kappa shape index (κ1) is 16.2. The van der Waals surface area contributed by atoms with Gasteiger partial charge in [0.05, 0.1) is 11.1 Å². The maximum atomic E-state index is 9.50. The zero-order chi connectivity index (χ0) is 17.6. The third-order valence-corrected chi connectivity index (χ3v) is 3.55. The van der Waals surface area contributed by atoms with Crippen LogP contribution in [-0.4, -0.2) is 16.6 Å². The summed E-state index contributed by atoms with van der Waals surface area (Å²) in [5.74, 6) is 1.40. The smallest absolute Gasteiger partial charge is 0.172 e. The molecule has 5 nitrogen and oxygen atoms in total. The average molecular weight is 328 g/mol. The maximum Gasteiger partial charge on any atom is 0.172 e. The van der Waals surface area contributed by atoms with Crippen LogP contribution >= 0.6 is 0 Å². The number of benzene rings is 2. The van der Waals surface area contributed by atoms with Gasteiger partial charge < -0.3 is 10.5 Å². The Morgan fingerprint density at radius 3 is 2.64 bits per heavy atom. The van der Waals surface area contributed by atoms with Gasteiger partial charge in [0.1, 0.15) is 24.2 Å². The highest BCUT2D eigenvalue weighted by Gasteiger charge is 2.09. The molecule has 0 aliphatic rings. The monoisotopic (exact) mass is 328 g/mol. The van der Waals surface area contributed by atoms with Crippen LogP contribution in [0, 0.1) is 11.3 Å². The van der Waals surface area contributed by atoms with Gasteiger partial charge in [-0.15, -0.1) is 0 Å². The number of aromatic nitrogens is 2. The van der Waals surface area contributed by atoms with E-state index in [4.69, 9.17) is 10.5 Å². The molecule has 1 aromatic heterocycles. The van der Waals surface area contributed by atoms with Gasteiger partial charge in [-0.25, -0.2) is 9.97 Å². The van der Waals surface area contributed by atoms with Crippen LogP contribution in [0.5, 0.6) is 5.75 Å². The van der Waals surface area contributed by atoms with E-state index in [0.717, 1.165) is 16.7 Å². The highest BCUT2D eigenvalue weighted by atomic mass is 16.5. The summed E-state index contributed by atoms with van der Waals surface area (Å²) in [6, 6.07) is 17.0. The molecule has 2 N–H and O–H groups in total. The number of hydrogen-bond donors (Lipinski definition) is 1. The molecule has 0 saturated carbocycles. The predicted octanol–water partition coefficient (Wildman–Crippen LogP) is 3.84. The summed E-state index contributed by atoms with van der Waals surface area (Å²) < 4.78 is 5.45. The van der Waals surface area contributed by atoms with Crippen molar-refractivity contribution >= 4 is 28.4 Å². The molecular weight excluding hydrogens is 312 g/mol. The Labute approximate surface area is 145 Å². The number of rotatable bonds is 5. The van der Waals surface area contributed by atoms with Gasteiger partial charge in [-0.3, -0.25) is 0 Å². The van der Waals surface area contributed by atoms with E-state index < -0.39 is 0 Å². The van der Waals surface area contributed by atoms with Crippen molar-refractivity contribution in [3.05, 3.63) is 72.6 Å². The number of fused-ring (bicyclic) bond motifs is 1. The minimum absolute atomic E-state index is 0.311. The molecule has 25 heavy (non-hydrogen) atoms. The largest absolute Gasteiger partial charge is 0.490 e. The molecule has 0 aliphatic carbocycles. The summed E-state index contributed by atoms with van der Waals surface area (Å²) >= 11 is 0. The van der Waals surface area contributed by atoms with E-state index >= 15 is 0 Å². The Bertz CT molecular complexity index is 985. The van der Waals surface area contributed by atoms with Crippen molar-refractivity contribution in [2.75, 3.05) is 12.3 Å². The second-order valence-electron chi connectivity index (χ2n) is 5.29. The molecule has 0 spiro atoms. The van der Waals surface area contributed by atoms with E-state index in [0.29, 0.717) is 29.3 Å². The molecule has 2 aromatic carbocycles. The lowest BCUT2D eigenvalue weighted by Gasteiger charge is -2.05. The molecule has 3 rings (SSSR count). The number of hydrogen-bond acceptors (Lipinski definition) is 5. The van der Waals surface area contributed by atoms with E-state index in [1.54, 1.807) is 12.2 Å². The number of nitrogens with zero attached hydrogens (tertiary/aromatic N) is 3. The lowest BCUT2D eigenvalue weighted by molar-refractivity contribution is 0.363. The van der Waals surface area contributed by atoms with Crippen molar-refractivity contribution in [1.29, 1.82) is 5.26 Å². The molecule has 0 unspecified atom stereocenters. The van der Waals surface area contributed by atoms with Gasteiger partial charge in [0.25, 0.3) is 0 Å². The summed E-state index contributed by atoms with van der Waals surface area (Å²) in [4.78, 5) is 8.71. The first-order chi connectivity index (χ1) is 12.2. The fraction of sp³-hybridized carbons (Fsp3) is 0.0500. The van der Waals surface area contributed by atoms with Crippen LogP contribution in [0.1, 0.15) is 11.4 Å². The number of nitriles is 1. The number of ether oxygens (including phenoxy) is 1. The van der Waals surface area contributed by atoms with Crippen molar-refractivity contribution in [3.8, 4) is 11.8 Å². The second-order valence-corrected chi connectivity index (χ2v) is 5.29. The van der Waals surface area contributed by atoms with Gasteiger partial charge in [0.2, 0.25) is 0 Å². The van der Waals surface area contributed by atoms with Crippen molar-refractivity contribution in [3.63, 3.8) is 0 Å². The fourth-order valence-electron chi connectivity index (χ4n) is 2.35. The van der Waals surface area contributed by atoms with Crippen LogP contribution in [-0.2, 0) is 0 Å². The Hall–Kier alpha value is -3.65. The first-order valence-corrected chi connectivity index (χ1v) is 7.69. The Morgan fingerprint density at radius 2 is 1.92 bits per heavy atom. The van der Waals surface area contributed by atoms with Gasteiger partial charge in [0.15, 0.2) is 5.82 Å². The van der Waals surface area contributed by atoms with Crippen LogP contribution < -0.4 is 10.5 Å². The van der Waals surface area contributed by atoms with Gasteiger partial charge in [0, 0.05) is 5.39 Å². The second kappa shape index (κ2) is 7.28. The Kier molecular flexibility index (Phi) is 4.72. The third kappa shape index (κ3) is 3.65. The third-order valence-electron chi connectivity index (χ3n) is 3.55. The number of nitrogen functional groups attached to an aromatic ring is 1. The van der Waals surface area contributed by atoms with Crippen molar-refractivity contribution in [1.82, 2.24) is 9.97 Å². The molecule has 0 aliphatic heterocycles. The summed E-state index contributed by atoms with van der Waals surface area (Å²) in [6.07, 6.45) is 3.41. The molecule has 1 heterocycles. The van der Waals surface area contributed by atoms with Crippen molar-refractivity contribution in [2.24, 2.45) is 0 Å². The first-order valence-electron chi connectivity index (χ1n) is 7.69. The van der Waals surface area contributed by atoms with E-state index in [-0.39, 0.29) is 0 Å². The lowest BCUT2D eigenvalue weighted by atomic mass is 10.1. The highest BCUT2D eigenvalue weighted by molar-refractivity contribution is 5.93. The quantitative estimate of drug-likeness (QED) is 0.568. The molecule has 0 fully saturated rings. The summed E-state index contributed by atoms with van der Waals surface area (Å²) in [6.45, 7) is 4.06. The van der Waals surface area contributed by atoms with E-state index in [2.05, 4.69) is 22.6 Å². The maximum absolute atomic E-state index is 9.50. The SMILES string of the molecule is C=CCOc1ccc(/C=C(\C#N)c2nc(N)c3ccccc3n2)cc1. The molecule has 0 radical (unpaired) electrons. The molecule has 0 amide bonds. The number of anilines is 1. The number of allylic oxidation sites excluding steroid dienone is 1. The molecule has 0 bridgehead atoms. The lowest BCUT2D eigenvalue weighted by Crippen LogP contribution is -2.00. The molecule has 122 valence electrons. The van der Waals surface area contributed by atoms with Gasteiger partial charge in [-0.05, 0) is 35.9 Å². The van der Waals surface area contributed by atoms with E-state index in [1.165, 1.54) is 0 Å². The Balaban J connectivity index is 1.95. The van der Waals surface area contributed by atoms with Crippen molar-refractivity contribution in [2.45, 2.75) is 0 Å². The predicted molar refractivity (Wildman–Crippen MR) is 99.6 cm³/mol. The van der Waals surface area contributed by atoms with E-state index in [9.17, 15) is 5.26 Å². The summed E-state index contributed by atoms with van der Waals surface area (Å²) in [7, 11) is 0. The fourth-order valence-corrected chi connectivity index (χ4v) is 2.35. The minimum Gasteiger partial charge on any atom is -0.490 e. The van der Waals surface area contributed by atoms with Gasteiger partial charge >= 0.3 is 0 Å². The molecule has 0 atom stereocenters. The number of para-hydroxylation sites is 1. The van der Waals surface area contributed by atoms with Crippen LogP contribution in [0.15, 0.2) is 61.2 Å². The van der Waals surface area contributed by atoms with Crippen LogP contribution in [0.2, 0.25) is 0 Å². The normalized spacial score (nSPS) is 11.1. The Morgan fingerprint density at radius 1 is 1.16 bits per heavy atom. The van der Waals surface area contributed by atoms with Gasteiger partial charge in [-0.2, -0.15) is 5.26 Å². The minimum atomic E-state index is 0.311. The van der Waals surface area contributed by atoms with Crippen LogP contribution in [0.25, 0.3) is 22.6 Å². The van der Waals surface area contributed by atoms with Crippen LogP contribution in [0.4, 0.5) is 5.82 Å². The number of nitrogens with two attached hydrogens (primary N) is 1. The zero-order valence-electron chi connectivity index (χ0n) is 13.5. The van der Waals surface area contributed by atoms with Crippen molar-refractivity contribution < 1.29 is 4.74 Å². The zero-order valence-corrected chi connectivity index (χ0v) is 13.5. The highest BCUT2D eigenvalue weighted by Crippen LogP contribution is 2.22. The molecule has 5 heteroatoms. The summed E-state index contributed by atoms with van der Waals surface area (Å²) in [5, 5.41) is 10.3. The molecule has 0 saturated heterocycles. The standard InChI is InChI=1S/C20H16N4O/c1-2-11-25-16-9-7-14(8-10-16)12-15(13-21)20-23-18-6-4-3-5-17(18)19(22)24-20/h2-10,12H,1,11H2,(H2,22,23,24)/b15-12+. The topological polar surface area (TPSA) is 84.8 Å². The molecule has 3 aromatic rings. The summed E-state index contributed by atoms with van der Waals surface area (Å²) in [5.41, 5.74) is 7.89. The van der Waals surface area contributed by atoms with E-state index in [1.807, 2.05) is 48.5 Å². The average Bonchev–Trinajstić information content (AvgIpc) is 2.65. The van der Waals surface area contributed by atoms with Crippen LogP contribution in [0.3, 0.4) is 0 Å².